The molecule has 0 aliphatic carbocycles. The van der Waals surface area contributed by atoms with Crippen LogP contribution in [0, 0.1) is 11.6 Å². The van der Waals surface area contributed by atoms with Crippen molar-refractivity contribution in [1.29, 1.82) is 0 Å². The molecule has 0 aliphatic rings. The minimum Gasteiger partial charge on any atom is -0.489 e. The van der Waals surface area contributed by atoms with Gasteiger partial charge in [-0.2, -0.15) is 0 Å². The van der Waals surface area contributed by atoms with Gasteiger partial charge in [-0.15, -0.1) is 0 Å². The summed E-state index contributed by atoms with van der Waals surface area (Å²) in [6.45, 7) is 0.508. The number of nitrogens with two attached hydrogens (primary N) is 1. The van der Waals surface area contributed by atoms with Crippen LogP contribution in [-0.4, -0.2) is 6.54 Å². The molecule has 2 nitrogen and oxygen atoms in total. The molecule has 0 amide bonds. The molecule has 19 heavy (non-hydrogen) atoms. The lowest BCUT2D eigenvalue weighted by Crippen LogP contribution is -2.04. The van der Waals surface area contributed by atoms with Crippen molar-refractivity contribution in [3.63, 3.8) is 0 Å². The molecule has 0 atom stereocenters. The summed E-state index contributed by atoms with van der Waals surface area (Å²) < 4.78 is 32.2. The Morgan fingerprint density at radius 3 is 2.58 bits per heavy atom. The van der Waals surface area contributed by atoms with E-state index >= 15 is 0 Å². The lowest BCUT2D eigenvalue weighted by Gasteiger charge is -2.09. The number of benzene rings is 2. The lowest BCUT2D eigenvalue weighted by atomic mass is 10.1. The van der Waals surface area contributed by atoms with E-state index in [0.29, 0.717) is 24.3 Å². The maximum Gasteiger partial charge on any atom is 0.129 e. The Hall–Kier alpha value is -1.94. The van der Waals surface area contributed by atoms with Crippen molar-refractivity contribution in [1.82, 2.24) is 0 Å². The third-order valence-electron chi connectivity index (χ3n) is 2.72. The van der Waals surface area contributed by atoms with Crippen molar-refractivity contribution < 1.29 is 13.5 Å². The second-order valence-electron chi connectivity index (χ2n) is 4.21. The minimum absolute atomic E-state index is 0.0677. The van der Waals surface area contributed by atoms with Crippen molar-refractivity contribution >= 4 is 0 Å². The van der Waals surface area contributed by atoms with Crippen LogP contribution in [0.3, 0.4) is 0 Å². The van der Waals surface area contributed by atoms with Gasteiger partial charge in [-0.05, 0) is 36.7 Å². The van der Waals surface area contributed by atoms with Gasteiger partial charge in [0.2, 0.25) is 0 Å². The first kappa shape index (κ1) is 13.5. The Morgan fingerprint density at radius 1 is 1.05 bits per heavy atom. The normalized spacial score (nSPS) is 10.5. The standard InChI is InChI=1S/C15H15F2NO/c16-13-7-11(5-6-18)8-14(9-13)19-10-12-3-1-2-4-15(12)17/h1-4,7-9H,5-6,10,18H2. The smallest absolute Gasteiger partial charge is 0.129 e. The molecular weight excluding hydrogens is 248 g/mol. The van der Waals surface area contributed by atoms with Gasteiger partial charge >= 0.3 is 0 Å². The Bertz CT molecular complexity index is 558. The maximum absolute atomic E-state index is 13.4. The summed E-state index contributed by atoms with van der Waals surface area (Å²) in [5.41, 5.74) is 6.64. The highest BCUT2D eigenvalue weighted by molar-refractivity contribution is 5.30. The Morgan fingerprint density at radius 2 is 1.84 bits per heavy atom. The van der Waals surface area contributed by atoms with Crippen LogP contribution in [0.5, 0.6) is 5.75 Å². The molecule has 0 saturated heterocycles. The molecule has 0 radical (unpaired) electrons. The molecule has 0 aromatic heterocycles. The van der Waals surface area contributed by atoms with E-state index in [9.17, 15) is 8.78 Å². The molecule has 2 aromatic rings. The van der Waals surface area contributed by atoms with Crippen LogP contribution in [0.25, 0.3) is 0 Å². The fraction of sp³-hybridized carbons (Fsp3) is 0.200. The van der Waals surface area contributed by atoms with Crippen molar-refractivity contribution in [2.45, 2.75) is 13.0 Å². The zero-order valence-electron chi connectivity index (χ0n) is 10.4. The minimum atomic E-state index is -0.380. The van der Waals surface area contributed by atoms with Gasteiger partial charge in [-0.3, -0.25) is 0 Å². The third-order valence-corrected chi connectivity index (χ3v) is 2.72. The van der Waals surface area contributed by atoms with E-state index < -0.39 is 0 Å². The molecular formula is C15H15F2NO. The highest BCUT2D eigenvalue weighted by atomic mass is 19.1. The van der Waals surface area contributed by atoms with Crippen LogP contribution in [0.1, 0.15) is 11.1 Å². The van der Waals surface area contributed by atoms with Gasteiger partial charge < -0.3 is 10.5 Å². The number of hydrogen-bond acceptors (Lipinski definition) is 2. The van der Waals surface area contributed by atoms with E-state index in [0.717, 1.165) is 5.56 Å². The largest absolute Gasteiger partial charge is 0.489 e. The first-order valence-electron chi connectivity index (χ1n) is 6.05. The number of hydrogen-bond donors (Lipinski definition) is 1. The molecule has 2 rings (SSSR count). The third kappa shape index (κ3) is 3.76. The number of rotatable bonds is 5. The summed E-state index contributed by atoms with van der Waals surface area (Å²) in [5.74, 6) is -0.331. The van der Waals surface area contributed by atoms with E-state index in [1.807, 2.05) is 0 Å². The van der Waals surface area contributed by atoms with Gasteiger partial charge in [0, 0.05) is 11.6 Å². The summed E-state index contributed by atoms with van der Waals surface area (Å²) in [4.78, 5) is 0. The van der Waals surface area contributed by atoms with E-state index in [4.69, 9.17) is 10.5 Å². The Kier molecular flexibility index (Phi) is 4.47. The van der Waals surface area contributed by atoms with Gasteiger partial charge in [-0.25, -0.2) is 8.78 Å². The Balaban J connectivity index is 2.09. The van der Waals surface area contributed by atoms with Crippen molar-refractivity contribution in [2.75, 3.05) is 6.54 Å². The second kappa shape index (κ2) is 6.29. The van der Waals surface area contributed by atoms with Gasteiger partial charge in [0.15, 0.2) is 0 Å². The average molecular weight is 263 g/mol. The summed E-state index contributed by atoms with van der Waals surface area (Å²) in [7, 11) is 0. The molecule has 100 valence electrons. The molecule has 0 fully saturated rings. The van der Waals surface area contributed by atoms with Crippen LogP contribution >= 0.6 is 0 Å². The highest BCUT2D eigenvalue weighted by Gasteiger charge is 2.04. The van der Waals surface area contributed by atoms with Gasteiger partial charge in [0.25, 0.3) is 0 Å². The second-order valence-corrected chi connectivity index (χ2v) is 4.21. The van der Waals surface area contributed by atoms with Gasteiger partial charge in [-0.1, -0.05) is 18.2 Å². The van der Waals surface area contributed by atoms with Crippen molar-refractivity contribution in [2.24, 2.45) is 5.73 Å². The molecule has 4 heteroatoms. The topological polar surface area (TPSA) is 35.2 Å². The van der Waals surface area contributed by atoms with Crippen LogP contribution in [0.4, 0.5) is 8.78 Å². The monoisotopic (exact) mass is 263 g/mol. The molecule has 0 bridgehead atoms. The molecule has 0 aliphatic heterocycles. The van der Waals surface area contributed by atoms with Gasteiger partial charge in [0.1, 0.15) is 24.0 Å². The molecule has 2 aromatic carbocycles. The molecule has 0 saturated carbocycles. The first-order valence-corrected chi connectivity index (χ1v) is 6.05. The SMILES string of the molecule is NCCc1cc(F)cc(OCc2ccccc2F)c1. The number of ether oxygens (including phenoxy) is 1. The fourth-order valence-corrected chi connectivity index (χ4v) is 1.79. The van der Waals surface area contributed by atoms with Crippen LogP contribution < -0.4 is 10.5 Å². The summed E-state index contributed by atoms with van der Waals surface area (Å²) in [5, 5.41) is 0. The first-order chi connectivity index (χ1) is 9.19. The lowest BCUT2D eigenvalue weighted by molar-refractivity contribution is 0.298. The zero-order valence-corrected chi connectivity index (χ0v) is 10.4. The van der Waals surface area contributed by atoms with E-state index in [1.54, 1.807) is 24.3 Å². The molecule has 0 spiro atoms. The molecule has 0 unspecified atom stereocenters. The van der Waals surface area contributed by atoms with Crippen LogP contribution in [0.15, 0.2) is 42.5 Å². The van der Waals surface area contributed by atoms with E-state index in [-0.39, 0.29) is 18.2 Å². The van der Waals surface area contributed by atoms with E-state index in [1.165, 1.54) is 18.2 Å². The van der Waals surface area contributed by atoms with Crippen molar-refractivity contribution in [3.8, 4) is 5.75 Å². The summed E-state index contributed by atoms with van der Waals surface area (Å²) in [6, 6.07) is 10.8. The van der Waals surface area contributed by atoms with E-state index in [2.05, 4.69) is 0 Å². The molecule has 2 N–H and O–H groups in total. The predicted molar refractivity (Wildman–Crippen MR) is 69.9 cm³/mol. The van der Waals surface area contributed by atoms with Crippen LogP contribution in [0.2, 0.25) is 0 Å². The maximum atomic E-state index is 13.4. The zero-order chi connectivity index (χ0) is 13.7. The fourth-order valence-electron chi connectivity index (χ4n) is 1.79. The summed E-state index contributed by atoms with van der Waals surface area (Å²) in [6.07, 6.45) is 0.577. The highest BCUT2D eigenvalue weighted by Crippen LogP contribution is 2.19. The predicted octanol–water partition coefficient (Wildman–Crippen LogP) is 3.05. The molecule has 0 heterocycles. The van der Waals surface area contributed by atoms with Gasteiger partial charge in [0.05, 0.1) is 0 Å². The quantitative estimate of drug-likeness (QED) is 0.899. The van der Waals surface area contributed by atoms with Crippen molar-refractivity contribution in [3.05, 3.63) is 65.2 Å². The average Bonchev–Trinajstić information content (AvgIpc) is 2.37. The van der Waals surface area contributed by atoms with Crippen LogP contribution in [-0.2, 0) is 13.0 Å². The summed E-state index contributed by atoms with van der Waals surface area (Å²) >= 11 is 0. The Labute approximate surface area is 110 Å². The number of halogens is 2.